The summed E-state index contributed by atoms with van der Waals surface area (Å²) in [4.78, 5) is 0. The quantitative estimate of drug-likeness (QED) is 0.745. The van der Waals surface area contributed by atoms with Gasteiger partial charge in [-0.15, -0.1) is 5.10 Å². The summed E-state index contributed by atoms with van der Waals surface area (Å²) in [5.74, 6) is 0. The van der Waals surface area contributed by atoms with Crippen molar-refractivity contribution in [3.8, 4) is 5.69 Å². The zero-order chi connectivity index (χ0) is 14.9. The number of rotatable bonds is 3. The molecule has 0 spiro atoms. The van der Waals surface area contributed by atoms with Crippen molar-refractivity contribution in [1.29, 1.82) is 0 Å². The Kier molecular flexibility index (Phi) is 3.20. The van der Waals surface area contributed by atoms with Gasteiger partial charge in [-0.2, -0.15) is 18.3 Å². The Morgan fingerprint density at radius 2 is 1.81 bits per heavy atom. The third-order valence-corrected chi connectivity index (χ3v) is 2.91. The average molecular weight is 293 g/mol. The molecule has 0 aliphatic rings. The van der Waals surface area contributed by atoms with Crippen LogP contribution in [0, 0.1) is 0 Å². The van der Waals surface area contributed by atoms with Crippen LogP contribution >= 0.6 is 0 Å². The molecule has 2 aromatic heterocycles. The lowest BCUT2D eigenvalue weighted by Crippen LogP contribution is -2.08. The van der Waals surface area contributed by atoms with Crippen LogP contribution in [0.25, 0.3) is 5.69 Å². The van der Waals surface area contributed by atoms with Crippen molar-refractivity contribution >= 4 is 0 Å². The fraction of sp³-hybridized carbons (Fsp3) is 0.154. The summed E-state index contributed by atoms with van der Waals surface area (Å²) in [5.41, 5.74) is 0.646. The Labute approximate surface area is 117 Å². The number of alkyl halides is 3. The van der Waals surface area contributed by atoms with Crippen molar-refractivity contribution in [2.75, 3.05) is 0 Å². The van der Waals surface area contributed by atoms with Gasteiger partial charge in [0.15, 0.2) is 0 Å². The normalized spacial score (nSPS) is 11.8. The second-order valence-electron chi connectivity index (χ2n) is 4.40. The molecule has 0 fully saturated rings. The van der Waals surface area contributed by atoms with Crippen LogP contribution in [0.4, 0.5) is 13.2 Å². The average Bonchev–Trinajstić information content (AvgIpc) is 3.09. The van der Waals surface area contributed by atoms with Gasteiger partial charge >= 0.3 is 6.18 Å². The van der Waals surface area contributed by atoms with Crippen LogP contribution in [0.1, 0.15) is 11.3 Å². The Balaban J connectivity index is 1.87. The number of para-hydroxylation sites is 1. The van der Waals surface area contributed by atoms with Gasteiger partial charge in [0, 0.05) is 6.20 Å². The summed E-state index contributed by atoms with van der Waals surface area (Å²) in [6, 6.07) is 9.22. The van der Waals surface area contributed by atoms with E-state index in [9.17, 15) is 13.2 Å². The summed E-state index contributed by atoms with van der Waals surface area (Å²) in [7, 11) is 0. The van der Waals surface area contributed by atoms with Gasteiger partial charge in [0.2, 0.25) is 0 Å². The summed E-state index contributed by atoms with van der Waals surface area (Å²) in [5, 5.41) is 11.5. The minimum atomic E-state index is -4.39. The lowest BCUT2D eigenvalue weighted by atomic mass is 10.3. The van der Waals surface area contributed by atoms with Crippen molar-refractivity contribution in [1.82, 2.24) is 24.8 Å². The Hall–Kier alpha value is -2.64. The van der Waals surface area contributed by atoms with E-state index < -0.39 is 11.7 Å². The first kappa shape index (κ1) is 13.3. The van der Waals surface area contributed by atoms with E-state index in [0.717, 1.165) is 18.1 Å². The molecule has 0 saturated carbocycles. The van der Waals surface area contributed by atoms with Crippen LogP contribution in [-0.2, 0) is 12.7 Å². The van der Waals surface area contributed by atoms with Gasteiger partial charge in [0.25, 0.3) is 0 Å². The van der Waals surface area contributed by atoms with Crippen LogP contribution in [0.2, 0.25) is 0 Å². The molecule has 0 bridgehead atoms. The molecule has 0 amide bonds. The minimum absolute atomic E-state index is 0.151. The second kappa shape index (κ2) is 5.04. The largest absolute Gasteiger partial charge is 0.419 e. The molecular weight excluding hydrogens is 283 g/mol. The maximum Gasteiger partial charge on any atom is 0.419 e. The van der Waals surface area contributed by atoms with E-state index in [0.29, 0.717) is 5.69 Å². The Bertz CT molecular complexity index is 730. The fourth-order valence-corrected chi connectivity index (χ4v) is 1.91. The van der Waals surface area contributed by atoms with E-state index in [1.807, 2.05) is 30.3 Å². The van der Waals surface area contributed by atoms with E-state index in [4.69, 9.17) is 0 Å². The van der Waals surface area contributed by atoms with Gasteiger partial charge in [-0.1, -0.05) is 23.4 Å². The molecule has 2 heterocycles. The molecule has 3 rings (SSSR count). The van der Waals surface area contributed by atoms with Gasteiger partial charge in [0.1, 0.15) is 0 Å². The molecule has 1 aromatic carbocycles. The standard InChI is InChI=1S/C13H10F3N5/c14-13(15,16)10-6-18-20(8-10)9-12-7-17-19-21(12)11-4-2-1-3-5-11/h1-8H,9H2. The van der Waals surface area contributed by atoms with Gasteiger partial charge in [-0.05, 0) is 12.1 Å². The van der Waals surface area contributed by atoms with Gasteiger partial charge in [0.05, 0.1) is 35.9 Å². The first-order chi connectivity index (χ1) is 10.0. The molecule has 0 N–H and O–H groups in total. The van der Waals surface area contributed by atoms with Gasteiger partial charge in [-0.25, -0.2) is 4.68 Å². The number of nitrogens with zero attached hydrogens (tertiary/aromatic N) is 5. The van der Waals surface area contributed by atoms with E-state index in [2.05, 4.69) is 15.4 Å². The fourth-order valence-electron chi connectivity index (χ4n) is 1.91. The highest BCUT2D eigenvalue weighted by Crippen LogP contribution is 2.28. The molecule has 0 saturated heterocycles. The number of halogens is 3. The second-order valence-corrected chi connectivity index (χ2v) is 4.40. The number of hydrogen-bond acceptors (Lipinski definition) is 3. The van der Waals surface area contributed by atoms with E-state index in [1.54, 1.807) is 4.68 Å². The highest BCUT2D eigenvalue weighted by Gasteiger charge is 2.32. The molecule has 3 aromatic rings. The predicted octanol–water partition coefficient (Wildman–Crippen LogP) is 2.53. The van der Waals surface area contributed by atoms with Crippen molar-refractivity contribution in [3.63, 3.8) is 0 Å². The molecular formula is C13H10F3N5. The maximum absolute atomic E-state index is 12.5. The highest BCUT2D eigenvalue weighted by molar-refractivity contribution is 5.31. The minimum Gasteiger partial charge on any atom is -0.266 e. The summed E-state index contributed by atoms with van der Waals surface area (Å²) >= 11 is 0. The first-order valence-electron chi connectivity index (χ1n) is 6.09. The smallest absolute Gasteiger partial charge is 0.266 e. The summed E-state index contributed by atoms with van der Waals surface area (Å²) in [6.07, 6.45) is -1.13. The van der Waals surface area contributed by atoms with Crippen LogP contribution in [-0.4, -0.2) is 24.8 Å². The third-order valence-electron chi connectivity index (χ3n) is 2.91. The third kappa shape index (κ3) is 2.78. The van der Waals surface area contributed by atoms with Crippen molar-refractivity contribution in [3.05, 3.63) is 60.2 Å². The van der Waals surface area contributed by atoms with Gasteiger partial charge in [-0.3, -0.25) is 4.68 Å². The van der Waals surface area contributed by atoms with Crippen LogP contribution in [0.15, 0.2) is 48.9 Å². The maximum atomic E-state index is 12.5. The molecule has 0 aliphatic carbocycles. The van der Waals surface area contributed by atoms with Crippen molar-refractivity contribution < 1.29 is 13.2 Å². The SMILES string of the molecule is FC(F)(F)c1cnn(Cc2cnnn2-c2ccccc2)c1. The van der Waals surface area contributed by atoms with Crippen molar-refractivity contribution in [2.45, 2.75) is 12.7 Å². The van der Waals surface area contributed by atoms with E-state index in [1.165, 1.54) is 10.9 Å². The first-order valence-corrected chi connectivity index (χ1v) is 6.09. The zero-order valence-electron chi connectivity index (χ0n) is 10.7. The number of aromatic nitrogens is 5. The molecule has 0 aliphatic heterocycles. The zero-order valence-corrected chi connectivity index (χ0v) is 10.7. The molecule has 108 valence electrons. The van der Waals surface area contributed by atoms with Crippen LogP contribution in [0.3, 0.4) is 0 Å². The molecule has 5 nitrogen and oxygen atoms in total. The Morgan fingerprint density at radius 1 is 1.05 bits per heavy atom. The molecule has 0 radical (unpaired) electrons. The monoisotopic (exact) mass is 293 g/mol. The topological polar surface area (TPSA) is 48.5 Å². The van der Waals surface area contributed by atoms with E-state index >= 15 is 0 Å². The predicted molar refractivity (Wildman–Crippen MR) is 67.7 cm³/mol. The lowest BCUT2D eigenvalue weighted by Gasteiger charge is -2.06. The highest BCUT2D eigenvalue weighted by atomic mass is 19.4. The molecule has 0 unspecified atom stereocenters. The molecule has 21 heavy (non-hydrogen) atoms. The van der Waals surface area contributed by atoms with E-state index in [-0.39, 0.29) is 6.54 Å². The number of benzene rings is 1. The lowest BCUT2D eigenvalue weighted by molar-refractivity contribution is -0.137. The Morgan fingerprint density at radius 3 is 2.48 bits per heavy atom. The number of hydrogen-bond donors (Lipinski definition) is 0. The summed E-state index contributed by atoms with van der Waals surface area (Å²) < 4.78 is 40.4. The van der Waals surface area contributed by atoms with Crippen molar-refractivity contribution in [2.24, 2.45) is 0 Å². The molecule has 0 atom stereocenters. The van der Waals surface area contributed by atoms with Crippen LogP contribution in [0.5, 0.6) is 0 Å². The van der Waals surface area contributed by atoms with Crippen LogP contribution < -0.4 is 0 Å². The molecule has 8 heteroatoms. The van der Waals surface area contributed by atoms with Gasteiger partial charge < -0.3 is 0 Å². The summed E-state index contributed by atoms with van der Waals surface area (Å²) in [6.45, 7) is 0.151.